The average Bonchev–Trinajstić information content (AvgIpc) is 3.57. The third kappa shape index (κ3) is 7.66. The lowest BCUT2D eigenvalue weighted by Gasteiger charge is -2.17. The summed E-state index contributed by atoms with van der Waals surface area (Å²) in [4.78, 5) is 39.1. The molecule has 0 radical (unpaired) electrons. The SMILES string of the molecule is C=CCOOCOc1ccc(C(=O)O[C@@H]2CO[C@H]3[C@@H]2OC[C@@H]3OC(=O)c2ccc(OCC(C=C)OO)cc2)cc1. The highest BCUT2D eigenvalue weighted by atomic mass is 17.2. The molecule has 0 bridgehead atoms. The van der Waals surface area contributed by atoms with E-state index in [-0.39, 0.29) is 33.2 Å². The van der Waals surface area contributed by atoms with Crippen molar-refractivity contribution in [3.63, 3.8) is 0 Å². The molecule has 2 fully saturated rings. The van der Waals surface area contributed by atoms with E-state index >= 15 is 0 Å². The Morgan fingerprint density at radius 3 is 1.85 bits per heavy atom. The highest BCUT2D eigenvalue weighted by molar-refractivity contribution is 5.90. The molecule has 5 atom stereocenters. The Morgan fingerprint density at radius 2 is 1.38 bits per heavy atom. The zero-order valence-electron chi connectivity index (χ0n) is 21.5. The summed E-state index contributed by atoms with van der Waals surface area (Å²) < 4.78 is 33.6. The minimum absolute atomic E-state index is 0.0526. The summed E-state index contributed by atoms with van der Waals surface area (Å²) in [6, 6.07) is 12.6. The van der Waals surface area contributed by atoms with Crippen LogP contribution in [0.1, 0.15) is 20.7 Å². The van der Waals surface area contributed by atoms with Crippen molar-refractivity contribution in [2.45, 2.75) is 30.5 Å². The van der Waals surface area contributed by atoms with Crippen LogP contribution in [0, 0.1) is 0 Å². The van der Waals surface area contributed by atoms with Gasteiger partial charge in [0.2, 0.25) is 6.79 Å². The van der Waals surface area contributed by atoms with Crippen molar-refractivity contribution in [1.82, 2.24) is 0 Å². The lowest BCUT2D eigenvalue weighted by molar-refractivity contribution is -0.315. The highest BCUT2D eigenvalue weighted by Gasteiger charge is 2.51. The predicted molar refractivity (Wildman–Crippen MR) is 137 cm³/mol. The van der Waals surface area contributed by atoms with Gasteiger partial charge in [0.15, 0.2) is 12.2 Å². The van der Waals surface area contributed by atoms with E-state index in [1.165, 1.54) is 12.2 Å². The van der Waals surface area contributed by atoms with E-state index in [4.69, 9.17) is 43.5 Å². The molecule has 0 aliphatic carbocycles. The number of carbonyl (C=O) groups is 2. The van der Waals surface area contributed by atoms with E-state index in [9.17, 15) is 9.59 Å². The van der Waals surface area contributed by atoms with Gasteiger partial charge in [-0.15, -0.1) is 13.2 Å². The minimum atomic E-state index is -0.677. The molecule has 2 aromatic carbocycles. The van der Waals surface area contributed by atoms with E-state index < -0.39 is 42.5 Å². The molecular weight excluding hydrogens is 528 g/mol. The summed E-state index contributed by atoms with van der Waals surface area (Å²) in [7, 11) is 0. The van der Waals surface area contributed by atoms with Gasteiger partial charge < -0.3 is 28.4 Å². The molecule has 1 unspecified atom stereocenters. The van der Waals surface area contributed by atoms with Crippen molar-refractivity contribution in [3.8, 4) is 11.5 Å². The Kier molecular flexibility index (Phi) is 10.6. The van der Waals surface area contributed by atoms with Crippen LogP contribution in [-0.2, 0) is 33.6 Å². The second-order valence-corrected chi connectivity index (χ2v) is 8.68. The van der Waals surface area contributed by atoms with Gasteiger partial charge >= 0.3 is 11.9 Å². The summed E-state index contributed by atoms with van der Waals surface area (Å²) in [6.07, 6.45) is -0.211. The first-order valence-electron chi connectivity index (χ1n) is 12.4. The largest absolute Gasteiger partial charge is 0.490 e. The zero-order valence-corrected chi connectivity index (χ0v) is 21.5. The van der Waals surface area contributed by atoms with Gasteiger partial charge in [0.1, 0.15) is 43.0 Å². The summed E-state index contributed by atoms with van der Waals surface area (Å²) in [5, 5.41) is 8.71. The molecule has 2 aromatic rings. The standard InChI is InChI=1S/C28H30O12/c1-3-13-36-37-17-35-22-11-7-19(8-12-22)28(30)39-24-16-34-25-23(15-33-26(24)25)38-27(29)18-5-9-21(10-6-18)32-14-20(4-2)40-31/h3-12,20,23-26,31H,1-2,13-17H2/t20?,23-,24+,25+,26+/m0/s1. The number of rotatable bonds is 15. The summed E-state index contributed by atoms with van der Waals surface area (Å²) in [5.41, 5.74) is 0.621. The van der Waals surface area contributed by atoms with Gasteiger partial charge in [-0.2, -0.15) is 4.89 Å². The van der Waals surface area contributed by atoms with E-state index in [0.29, 0.717) is 22.6 Å². The van der Waals surface area contributed by atoms with E-state index in [1.54, 1.807) is 48.5 Å². The van der Waals surface area contributed by atoms with Crippen LogP contribution in [-0.4, -0.2) is 80.9 Å². The third-order valence-electron chi connectivity index (χ3n) is 6.01. The second kappa shape index (κ2) is 14.6. The molecule has 0 saturated carbocycles. The maximum atomic E-state index is 12.7. The number of carbonyl (C=O) groups excluding carboxylic acids is 2. The van der Waals surface area contributed by atoms with Crippen molar-refractivity contribution in [3.05, 3.63) is 85.0 Å². The molecular formula is C28H30O12. The molecule has 0 aromatic heterocycles. The van der Waals surface area contributed by atoms with Crippen LogP contribution in [0.25, 0.3) is 0 Å². The van der Waals surface area contributed by atoms with Crippen molar-refractivity contribution in [2.75, 3.05) is 33.2 Å². The Bertz CT molecular complexity index is 1130. The van der Waals surface area contributed by atoms with Gasteiger partial charge in [0.25, 0.3) is 0 Å². The normalized spacial score (nSPS) is 22.1. The van der Waals surface area contributed by atoms with Crippen LogP contribution in [0.4, 0.5) is 0 Å². The first-order valence-corrected chi connectivity index (χ1v) is 12.4. The lowest BCUT2D eigenvalue weighted by atomic mass is 10.1. The topological polar surface area (TPSA) is 137 Å². The van der Waals surface area contributed by atoms with E-state index in [1.807, 2.05) is 0 Å². The molecule has 214 valence electrons. The van der Waals surface area contributed by atoms with Gasteiger partial charge in [-0.3, -0.25) is 5.26 Å². The minimum Gasteiger partial charge on any atom is -0.490 e. The van der Waals surface area contributed by atoms with Gasteiger partial charge in [0.05, 0.1) is 24.3 Å². The summed E-state index contributed by atoms with van der Waals surface area (Å²) in [5.74, 6) is -0.166. The average molecular weight is 559 g/mol. The lowest BCUT2D eigenvalue weighted by Crippen LogP contribution is -2.36. The number of benzene rings is 2. The molecule has 2 aliphatic heterocycles. The fourth-order valence-electron chi connectivity index (χ4n) is 3.96. The van der Waals surface area contributed by atoms with E-state index in [0.717, 1.165) is 0 Å². The maximum Gasteiger partial charge on any atom is 0.338 e. The number of fused-ring (bicyclic) bond motifs is 1. The molecule has 12 heteroatoms. The number of esters is 2. The van der Waals surface area contributed by atoms with Gasteiger partial charge in [-0.1, -0.05) is 12.2 Å². The Hall–Kier alpha value is -3.78. The predicted octanol–water partition coefficient (Wildman–Crippen LogP) is 3.13. The van der Waals surface area contributed by atoms with Crippen molar-refractivity contribution >= 4 is 11.9 Å². The number of ether oxygens (including phenoxy) is 6. The fraction of sp³-hybridized carbons (Fsp3) is 0.357. The highest BCUT2D eigenvalue weighted by Crippen LogP contribution is 2.31. The summed E-state index contributed by atoms with van der Waals surface area (Å²) in [6.45, 7) is 7.39. The van der Waals surface area contributed by atoms with Crippen LogP contribution in [0.2, 0.25) is 0 Å². The molecule has 2 heterocycles. The number of hydrogen-bond acceptors (Lipinski definition) is 12. The van der Waals surface area contributed by atoms with Crippen molar-refractivity contribution in [1.29, 1.82) is 0 Å². The van der Waals surface area contributed by atoms with Crippen molar-refractivity contribution < 1.29 is 57.9 Å². The Labute approximate surface area is 230 Å². The van der Waals surface area contributed by atoms with E-state index in [2.05, 4.69) is 18.0 Å². The molecule has 40 heavy (non-hydrogen) atoms. The monoisotopic (exact) mass is 558 g/mol. The first-order chi connectivity index (χ1) is 19.5. The Morgan fingerprint density at radius 1 is 0.850 bits per heavy atom. The molecule has 4 rings (SSSR count). The molecule has 2 saturated heterocycles. The fourth-order valence-corrected chi connectivity index (χ4v) is 3.96. The van der Waals surface area contributed by atoms with Crippen molar-refractivity contribution in [2.24, 2.45) is 0 Å². The molecule has 0 spiro atoms. The molecule has 1 N–H and O–H groups in total. The maximum absolute atomic E-state index is 12.7. The molecule has 0 amide bonds. The summed E-state index contributed by atoms with van der Waals surface area (Å²) >= 11 is 0. The van der Waals surface area contributed by atoms with Crippen LogP contribution >= 0.6 is 0 Å². The van der Waals surface area contributed by atoms with Crippen LogP contribution in [0.5, 0.6) is 11.5 Å². The van der Waals surface area contributed by atoms with Crippen LogP contribution in [0.3, 0.4) is 0 Å². The van der Waals surface area contributed by atoms with Gasteiger partial charge in [-0.25, -0.2) is 19.4 Å². The van der Waals surface area contributed by atoms with Gasteiger partial charge in [0, 0.05) is 0 Å². The quantitative estimate of drug-likeness (QED) is 0.0858. The molecule has 2 aliphatic rings. The van der Waals surface area contributed by atoms with Crippen LogP contribution < -0.4 is 9.47 Å². The third-order valence-corrected chi connectivity index (χ3v) is 6.01. The smallest absolute Gasteiger partial charge is 0.338 e. The second-order valence-electron chi connectivity index (χ2n) is 8.68. The Balaban J connectivity index is 1.23. The number of hydrogen-bond donors (Lipinski definition) is 1. The first kappa shape index (κ1) is 29.2. The molecule has 12 nitrogen and oxygen atoms in total. The zero-order chi connectivity index (χ0) is 28.3. The van der Waals surface area contributed by atoms with Crippen LogP contribution in [0.15, 0.2) is 73.8 Å². The van der Waals surface area contributed by atoms with Gasteiger partial charge in [-0.05, 0) is 48.5 Å².